The number of aliphatic hydroxyl groups excluding tert-OH is 1. The summed E-state index contributed by atoms with van der Waals surface area (Å²) in [6, 6.07) is 16.1. The fourth-order valence-electron chi connectivity index (χ4n) is 4.78. The molecule has 1 saturated heterocycles. The van der Waals surface area contributed by atoms with Crippen LogP contribution in [0.3, 0.4) is 0 Å². The van der Waals surface area contributed by atoms with E-state index in [1.165, 1.54) is 32.1 Å². The zero-order valence-corrected chi connectivity index (χ0v) is 21.1. The van der Waals surface area contributed by atoms with Crippen molar-refractivity contribution in [2.75, 3.05) is 6.61 Å². The van der Waals surface area contributed by atoms with Crippen molar-refractivity contribution in [2.45, 2.75) is 90.1 Å². The van der Waals surface area contributed by atoms with E-state index in [1.54, 1.807) is 0 Å². The van der Waals surface area contributed by atoms with Crippen LogP contribution < -0.4 is 9.47 Å². The summed E-state index contributed by atoms with van der Waals surface area (Å²) in [5.41, 5.74) is 2.28. The maximum atomic E-state index is 10.1. The van der Waals surface area contributed by atoms with Crippen molar-refractivity contribution in [2.24, 2.45) is 5.92 Å². The van der Waals surface area contributed by atoms with Crippen LogP contribution in [0.2, 0.25) is 0 Å². The molecule has 1 aliphatic rings. The van der Waals surface area contributed by atoms with Gasteiger partial charge in [0.05, 0.1) is 6.61 Å². The predicted molar refractivity (Wildman–Crippen MR) is 139 cm³/mol. The Bertz CT molecular complexity index is 880. The van der Waals surface area contributed by atoms with Crippen LogP contribution in [0.15, 0.2) is 61.2 Å². The standard InChI is InChI=1S/C30H42O4/c1-5-6-7-8-9-10-11-16-24(4)28-30(33-26-18-13-15-23(3)20-26)29(27(21-31)34-28)32-25-17-12-14-22(2)19-25/h5,12-15,17-20,24,27-31H,1,6-11,16,21H2,2-4H3/t24?,27-,28-,29-,30-/m1/s1. The third-order valence-corrected chi connectivity index (χ3v) is 6.68. The Kier molecular flexibility index (Phi) is 10.5. The zero-order valence-electron chi connectivity index (χ0n) is 21.1. The minimum atomic E-state index is -0.429. The Labute approximate surface area is 205 Å². The predicted octanol–water partition coefficient (Wildman–Crippen LogP) is 6.81. The van der Waals surface area contributed by atoms with E-state index < -0.39 is 12.2 Å². The van der Waals surface area contributed by atoms with Gasteiger partial charge in [0.2, 0.25) is 0 Å². The van der Waals surface area contributed by atoms with Crippen LogP contribution in [0.25, 0.3) is 0 Å². The lowest BCUT2D eigenvalue weighted by molar-refractivity contribution is -0.0383. The lowest BCUT2D eigenvalue weighted by Gasteiger charge is -2.28. The number of allylic oxidation sites excluding steroid dienone is 1. The Morgan fingerprint density at radius 1 is 0.912 bits per heavy atom. The Balaban J connectivity index is 1.71. The number of rotatable bonds is 14. The first-order valence-electron chi connectivity index (χ1n) is 12.9. The highest BCUT2D eigenvalue weighted by atomic mass is 16.6. The van der Waals surface area contributed by atoms with Gasteiger partial charge in [-0.2, -0.15) is 0 Å². The van der Waals surface area contributed by atoms with E-state index in [0.717, 1.165) is 35.5 Å². The van der Waals surface area contributed by atoms with E-state index in [4.69, 9.17) is 14.2 Å². The van der Waals surface area contributed by atoms with Crippen molar-refractivity contribution in [1.82, 2.24) is 0 Å². The average Bonchev–Trinajstić information content (AvgIpc) is 3.15. The number of ether oxygens (including phenoxy) is 3. The summed E-state index contributed by atoms with van der Waals surface area (Å²) >= 11 is 0. The molecule has 0 saturated carbocycles. The summed E-state index contributed by atoms with van der Waals surface area (Å²) in [6.07, 6.45) is 9.05. The van der Waals surface area contributed by atoms with Gasteiger partial charge in [0.1, 0.15) is 23.7 Å². The number of hydrogen-bond donors (Lipinski definition) is 1. The SMILES string of the molecule is C=CCCCCCCCC(C)[C@H]1O[C@H](CO)[C@@H](Oc2cccc(C)c2)[C@@H]1Oc1cccc(C)c1. The van der Waals surface area contributed by atoms with Crippen LogP contribution in [0.5, 0.6) is 11.5 Å². The van der Waals surface area contributed by atoms with Crippen LogP contribution in [0, 0.1) is 19.8 Å². The summed E-state index contributed by atoms with van der Waals surface area (Å²) in [7, 11) is 0. The van der Waals surface area contributed by atoms with Gasteiger partial charge in [-0.05, 0) is 74.4 Å². The largest absolute Gasteiger partial charge is 0.484 e. The second-order valence-corrected chi connectivity index (χ2v) is 9.73. The molecule has 0 radical (unpaired) electrons. The molecule has 1 heterocycles. The summed E-state index contributed by atoms with van der Waals surface area (Å²) in [6.45, 7) is 10.0. The normalized spacial score (nSPS) is 22.9. The molecular formula is C30H42O4. The van der Waals surface area contributed by atoms with E-state index in [9.17, 15) is 5.11 Å². The first-order chi connectivity index (χ1) is 16.5. The fourth-order valence-corrected chi connectivity index (χ4v) is 4.78. The monoisotopic (exact) mass is 466 g/mol. The van der Waals surface area contributed by atoms with Crippen molar-refractivity contribution in [3.8, 4) is 11.5 Å². The van der Waals surface area contributed by atoms with Crippen molar-refractivity contribution >= 4 is 0 Å². The molecule has 0 amide bonds. The molecule has 186 valence electrons. The molecule has 4 nitrogen and oxygen atoms in total. The lowest BCUT2D eigenvalue weighted by Crippen LogP contribution is -2.44. The van der Waals surface area contributed by atoms with Crippen LogP contribution in [-0.4, -0.2) is 36.1 Å². The molecule has 0 aliphatic carbocycles. The minimum Gasteiger partial charge on any atom is -0.484 e. The molecular weight excluding hydrogens is 424 g/mol. The lowest BCUT2D eigenvalue weighted by atomic mass is 9.92. The first-order valence-corrected chi connectivity index (χ1v) is 12.9. The van der Waals surface area contributed by atoms with E-state index in [-0.39, 0.29) is 18.8 Å². The van der Waals surface area contributed by atoms with Crippen molar-refractivity contribution in [3.05, 3.63) is 72.3 Å². The summed E-state index contributed by atoms with van der Waals surface area (Å²) in [5, 5.41) is 10.1. The number of aliphatic hydroxyl groups is 1. The molecule has 0 aromatic heterocycles. The van der Waals surface area contributed by atoms with Gasteiger partial charge in [0.15, 0.2) is 12.2 Å². The molecule has 4 heteroatoms. The maximum absolute atomic E-state index is 10.1. The molecule has 1 N–H and O–H groups in total. The molecule has 5 atom stereocenters. The van der Waals surface area contributed by atoms with E-state index in [0.29, 0.717) is 5.92 Å². The maximum Gasteiger partial charge on any atom is 0.166 e. The van der Waals surface area contributed by atoms with E-state index in [2.05, 4.69) is 26.5 Å². The van der Waals surface area contributed by atoms with Crippen LogP contribution >= 0.6 is 0 Å². The van der Waals surface area contributed by atoms with Crippen molar-refractivity contribution in [1.29, 1.82) is 0 Å². The van der Waals surface area contributed by atoms with Gasteiger partial charge in [-0.15, -0.1) is 6.58 Å². The average molecular weight is 467 g/mol. The Hall–Kier alpha value is -2.30. The third-order valence-electron chi connectivity index (χ3n) is 6.68. The van der Waals surface area contributed by atoms with Gasteiger partial charge in [-0.1, -0.05) is 62.9 Å². The van der Waals surface area contributed by atoms with Gasteiger partial charge >= 0.3 is 0 Å². The molecule has 1 aliphatic heterocycles. The van der Waals surface area contributed by atoms with Gasteiger partial charge in [-0.25, -0.2) is 0 Å². The molecule has 34 heavy (non-hydrogen) atoms. The molecule has 1 fully saturated rings. The van der Waals surface area contributed by atoms with Crippen LogP contribution in [0.4, 0.5) is 0 Å². The van der Waals surface area contributed by atoms with Crippen molar-refractivity contribution < 1.29 is 19.3 Å². The topological polar surface area (TPSA) is 47.9 Å². The summed E-state index contributed by atoms with van der Waals surface area (Å²) < 4.78 is 19.4. The van der Waals surface area contributed by atoms with Gasteiger partial charge in [-0.3, -0.25) is 0 Å². The van der Waals surface area contributed by atoms with Gasteiger partial charge in [0, 0.05) is 0 Å². The molecule has 2 aromatic carbocycles. The second-order valence-electron chi connectivity index (χ2n) is 9.73. The molecule has 2 aromatic rings. The van der Waals surface area contributed by atoms with Crippen LogP contribution in [0.1, 0.15) is 63.0 Å². The van der Waals surface area contributed by atoms with Gasteiger partial charge < -0.3 is 19.3 Å². The fraction of sp³-hybridized carbons (Fsp3) is 0.533. The number of benzene rings is 2. The van der Waals surface area contributed by atoms with Crippen molar-refractivity contribution in [3.63, 3.8) is 0 Å². The van der Waals surface area contributed by atoms with Gasteiger partial charge in [0.25, 0.3) is 0 Å². The first kappa shape index (κ1) is 26.3. The Morgan fingerprint density at radius 2 is 1.50 bits per heavy atom. The molecule has 0 spiro atoms. The number of unbranched alkanes of at least 4 members (excludes halogenated alkanes) is 5. The van der Waals surface area contributed by atoms with E-state index >= 15 is 0 Å². The summed E-state index contributed by atoms with van der Waals surface area (Å²) in [5.74, 6) is 1.88. The highest BCUT2D eigenvalue weighted by Gasteiger charge is 2.49. The third kappa shape index (κ3) is 7.61. The highest BCUT2D eigenvalue weighted by molar-refractivity contribution is 5.30. The number of hydrogen-bond acceptors (Lipinski definition) is 4. The zero-order chi connectivity index (χ0) is 24.3. The van der Waals surface area contributed by atoms with E-state index in [1.807, 2.05) is 55.5 Å². The summed E-state index contributed by atoms with van der Waals surface area (Å²) in [4.78, 5) is 0. The number of aryl methyl sites for hydroxylation is 2. The Morgan fingerprint density at radius 3 is 2.09 bits per heavy atom. The molecule has 1 unspecified atom stereocenters. The quantitative estimate of drug-likeness (QED) is 0.245. The smallest absolute Gasteiger partial charge is 0.166 e. The highest BCUT2D eigenvalue weighted by Crippen LogP contribution is 2.35. The van der Waals surface area contributed by atoms with Crippen LogP contribution in [-0.2, 0) is 4.74 Å². The minimum absolute atomic E-state index is 0.101. The second kappa shape index (κ2) is 13.6. The molecule has 0 bridgehead atoms. The molecule has 3 rings (SSSR count).